The minimum Gasteiger partial charge on any atom is -0.494 e. The Balaban J connectivity index is 1.84. The second kappa shape index (κ2) is 7.70. The number of hydrogen-bond donors (Lipinski definition) is 0. The average Bonchev–Trinajstić information content (AvgIpc) is 2.62. The van der Waals surface area contributed by atoms with Crippen molar-refractivity contribution in [2.24, 2.45) is 0 Å². The topological polar surface area (TPSA) is 32.8 Å². The smallest absolute Gasteiger partial charge is 0.227 e. The number of hydrogen-bond acceptors (Lipinski definition) is 3. The van der Waals surface area contributed by atoms with E-state index in [0.29, 0.717) is 13.0 Å². The number of ether oxygens (including phenoxy) is 1. The summed E-state index contributed by atoms with van der Waals surface area (Å²) in [7, 11) is 5.98. The van der Waals surface area contributed by atoms with Gasteiger partial charge in [0.1, 0.15) is 5.75 Å². The Kier molecular flexibility index (Phi) is 5.39. The van der Waals surface area contributed by atoms with E-state index in [9.17, 15) is 4.79 Å². The van der Waals surface area contributed by atoms with Crippen molar-refractivity contribution in [3.05, 3.63) is 59.7 Å². The van der Waals surface area contributed by atoms with Crippen LogP contribution in [0.25, 0.3) is 0 Å². The Morgan fingerprint density at radius 3 is 2.64 bits per heavy atom. The van der Waals surface area contributed by atoms with Crippen molar-refractivity contribution in [2.75, 3.05) is 39.2 Å². The number of fused-ring (bicyclic) bond motifs is 1. The lowest BCUT2D eigenvalue weighted by molar-refractivity contribution is -0.118. The number of benzene rings is 2. The van der Waals surface area contributed by atoms with Crippen LogP contribution in [0.5, 0.6) is 5.75 Å². The highest BCUT2D eigenvalue weighted by molar-refractivity contribution is 5.97. The molecule has 1 amide bonds. The molecule has 0 bridgehead atoms. The second-order valence-electron chi connectivity index (χ2n) is 6.85. The standard InChI is InChI=1S/C21H26N2O2/c1-22(2)12-7-13-25-17-10-11-20-19(14-17)18(15-21(24)23(20)3)16-8-5-4-6-9-16/h4-6,8-11,14,18H,7,12-13,15H2,1-3H3. The Morgan fingerprint density at radius 1 is 1.16 bits per heavy atom. The normalized spacial score (nSPS) is 16.9. The van der Waals surface area contributed by atoms with E-state index < -0.39 is 0 Å². The van der Waals surface area contributed by atoms with E-state index in [1.165, 1.54) is 11.1 Å². The highest BCUT2D eigenvalue weighted by atomic mass is 16.5. The predicted octanol–water partition coefficient (Wildman–Crippen LogP) is 3.52. The van der Waals surface area contributed by atoms with Gasteiger partial charge in [0.15, 0.2) is 0 Å². The van der Waals surface area contributed by atoms with Crippen LogP contribution in [0.3, 0.4) is 0 Å². The summed E-state index contributed by atoms with van der Waals surface area (Å²) in [6.07, 6.45) is 1.49. The van der Waals surface area contributed by atoms with Crippen LogP contribution >= 0.6 is 0 Å². The van der Waals surface area contributed by atoms with Gasteiger partial charge in [-0.15, -0.1) is 0 Å². The van der Waals surface area contributed by atoms with Crippen LogP contribution in [0.15, 0.2) is 48.5 Å². The van der Waals surface area contributed by atoms with Crippen LogP contribution < -0.4 is 9.64 Å². The average molecular weight is 338 g/mol. The summed E-state index contributed by atoms with van der Waals surface area (Å²) in [6.45, 7) is 1.70. The van der Waals surface area contributed by atoms with E-state index in [-0.39, 0.29) is 11.8 Å². The fourth-order valence-electron chi connectivity index (χ4n) is 3.32. The lowest BCUT2D eigenvalue weighted by Gasteiger charge is -2.32. The summed E-state index contributed by atoms with van der Waals surface area (Å²) in [5.41, 5.74) is 3.32. The molecule has 0 aliphatic carbocycles. The molecule has 3 rings (SSSR count). The van der Waals surface area contributed by atoms with Gasteiger partial charge in [0.25, 0.3) is 0 Å². The van der Waals surface area contributed by atoms with Gasteiger partial charge in [-0.1, -0.05) is 30.3 Å². The zero-order valence-electron chi connectivity index (χ0n) is 15.2. The first kappa shape index (κ1) is 17.5. The Hall–Kier alpha value is -2.33. The molecule has 1 unspecified atom stereocenters. The summed E-state index contributed by atoms with van der Waals surface area (Å²) < 4.78 is 5.94. The third kappa shape index (κ3) is 4.02. The summed E-state index contributed by atoms with van der Waals surface area (Å²) in [5, 5.41) is 0. The lowest BCUT2D eigenvalue weighted by atomic mass is 9.84. The third-order valence-corrected chi connectivity index (χ3v) is 4.71. The molecule has 2 aromatic carbocycles. The molecule has 25 heavy (non-hydrogen) atoms. The zero-order valence-corrected chi connectivity index (χ0v) is 15.2. The van der Waals surface area contributed by atoms with E-state index in [4.69, 9.17) is 4.74 Å². The van der Waals surface area contributed by atoms with E-state index in [1.54, 1.807) is 4.90 Å². The first-order valence-electron chi connectivity index (χ1n) is 8.79. The number of carbonyl (C=O) groups is 1. The molecule has 0 aromatic heterocycles. The van der Waals surface area contributed by atoms with E-state index in [0.717, 1.165) is 24.4 Å². The van der Waals surface area contributed by atoms with Gasteiger partial charge in [0.05, 0.1) is 6.61 Å². The van der Waals surface area contributed by atoms with Crippen LogP contribution in [0.4, 0.5) is 5.69 Å². The van der Waals surface area contributed by atoms with Crippen molar-refractivity contribution in [2.45, 2.75) is 18.8 Å². The molecule has 1 atom stereocenters. The summed E-state index contributed by atoms with van der Waals surface area (Å²) >= 11 is 0. The molecule has 0 N–H and O–H groups in total. The van der Waals surface area contributed by atoms with Gasteiger partial charge in [-0.25, -0.2) is 0 Å². The Labute approximate surface area is 150 Å². The molecule has 1 aliphatic heterocycles. The fraction of sp³-hybridized carbons (Fsp3) is 0.381. The highest BCUT2D eigenvalue weighted by Crippen LogP contribution is 2.41. The number of amides is 1. The maximum atomic E-state index is 12.4. The van der Waals surface area contributed by atoms with Crippen molar-refractivity contribution in [3.63, 3.8) is 0 Å². The molecule has 2 aromatic rings. The number of rotatable bonds is 6. The van der Waals surface area contributed by atoms with E-state index in [1.807, 2.05) is 37.4 Å². The molecule has 4 nitrogen and oxygen atoms in total. The minimum absolute atomic E-state index is 0.0882. The van der Waals surface area contributed by atoms with Gasteiger partial charge in [0.2, 0.25) is 5.91 Å². The quantitative estimate of drug-likeness (QED) is 0.756. The van der Waals surface area contributed by atoms with Gasteiger partial charge in [-0.2, -0.15) is 0 Å². The van der Waals surface area contributed by atoms with Gasteiger partial charge in [0, 0.05) is 31.6 Å². The van der Waals surface area contributed by atoms with Gasteiger partial charge in [-0.05, 0) is 49.8 Å². The molecule has 0 fully saturated rings. The molecule has 0 saturated heterocycles. The van der Waals surface area contributed by atoms with Crippen LogP contribution in [-0.2, 0) is 4.79 Å². The second-order valence-corrected chi connectivity index (χ2v) is 6.85. The third-order valence-electron chi connectivity index (χ3n) is 4.71. The van der Waals surface area contributed by atoms with Gasteiger partial charge in [-0.3, -0.25) is 4.79 Å². The molecule has 0 spiro atoms. The summed E-state index contributed by atoms with van der Waals surface area (Å²) in [5.74, 6) is 1.12. The Morgan fingerprint density at radius 2 is 1.92 bits per heavy atom. The van der Waals surface area contributed by atoms with Crippen molar-refractivity contribution >= 4 is 11.6 Å². The van der Waals surface area contributed by atoms with Gasteiger partial charge >= 0.3 is 0 Å². The molecule has 1 aliphatic rings. The van der Waals surface area contributed by atoms with Crippen molar-refractivity contribution in [1.82, 2.24) is 4.90 Å². The number of anilines is 1. The van der Waals surface area contributed by atoms with Crippen molar-refractivity contribution < 1.29 is 9.53 Å². The van der Waals surface area contributed by atoms with Gasteiger partial charge < -0.3 is 14.5 Å². The van der Waals surface area contributed by atoms with Crippen LogP contribution in [-0.4, -0.2) is 45.1 Å². The van der Waals surface area contributed by atoms with E-state index >= 15 is 0 Å². The van der Waals surface area contributed by atoms with Crippen molar-refractivity contribution in [1.29, 1.82) is 0 Å². The fourth-order valence-corrected chi connectivity index (χ4v) is 3.32. The first-order valence-corrected chi connectivity index (χ1v) is 8.79. The number of carbonyl (C=O) groups excluding carboxylic acids is 1. The maximum Gasteiger partial charge on any atom is 0.227 e. The molecule has 132 valence electrons. The predicted molar refractivity (Wildman–Crippen MR) is 101 cm³/mol. The molecular formula is C21H26N2O2. The van der Waals surface area contributed by atoms with Crippen LogP contribution in [0.2, 0.25) is 0 Å². The lowest BCUT2D eigenvalue weighted by Crippen LogP contribution is -2.33. The van der Waals surface area contributed by atoms with E-state index in [2.05, 4.69) is 37.2 Å². The Bertz CT molecular complexity index is 728. The monoisotopic (exact) mass is 338 g/mol. The number of nitrogens with zero attached hydrogens (tertiary/aromatic N) is 2. The first-order chi connectivity index (χ1) is 12.1. The molecule has 4 heteroatoms. The largest absolute Gasteiger partial charge is 0.494 e. The van der Waals surface area contributed by atoms with Crippen LogP contribution in [0.1, 0.15) is 29.9 Å². The molecular weight excluding hydrogens is 312 g/mol. The molecule has 1 heterocycles. The summed E-state index contributed by atoms with van der Waals surface area (Å²) in [4.78, 5) is 16.3. The SMILES string of the molecule is CN(C)CCCOc1ccc2c(c1)C(c1ccccc1)CC(=O)N2C. The zero-order chi connectivity index (χ0) is 17.8. The molecule has 0 radical (unpaired) electrons. The minimum atomic E-state index is 0.0882. The van der Waals surface area contributed by atoms with Crippen LogP contribution in [0, 0.1) is 0 Å². The van der Waals surface area contributed by atoms with Crippen molar-refractivity contribution in [3.8, 4) is 5.75 Å². The summed E-state index contributed by atoms with van der Waals surface area (Å²) in [6, 6.07) is 16.3. The maximum absolute atomic E-state index is 12.4. The molecule has 0 saturated carbocycles. The highest BCUT2D eigenvalue weighted by Gasteiger charge is 2.30.